The minimum atomic E-state index is -1.67. The van der Waals surface area contributed by atoms with Crippen molar-refractivity contribution >= 4 is 35.0 Å². The van der Waals surface area contributed by atoms with Crippen LogP contribution in [0.15, 0.2) is 41.3 Å². The van der Waals surface area contributed by atoms with Crippen molar-refractivity contribution in [2.75, 3.05) is 35.6 Å². The van der Waals surface area contributed by atoms with Gasteiger partial charge in [-0.25, -0.2) is 13.2 Å². The van der Waals surface area contributed by atoms with E-state index in [0.29, 0.717) is 12.6 Å². The molecule has 0 spiro atoms. The molecule has 2 aromatic rings. The van der Waals surface area contributed by atoms with E-state index < -0.39 is 35.6 Å². The average molecular weight is 395 g/mol. The highest BCUT2D eigenvalue weighted by atomic mass is 32.2. The molecule has 0 aromatic heterocycles. The van der Waals surface area contributed by atoms with Crippen LogP contribution in [-0.2, 0) is 9.59 Å². The van der Waals surface area contributed by atoms with E-state index in [1.54, 1.807) is 11.8 Å². The summed E-state index contributed by atoms with van der Waals surface area (Å²) in [7, 11) is 0. The Kier molecular flexibility index (Phi) is 5.90. The quantitative estimate of drug-likeness (QED) is 0.765. The zero-order chi connectivity index (χ0) is 19.4. The predicted octanol–water partition coefficient (Wildman–Crippen LogP) is 2.77. The lowest BCUT2D eigenvalue weighted by atomic mass is 10.2. The highest BCUT2D eigenvalue weighted by Crippen LogP contribution is 2.33. The lowest BCUT2D eigenvalue weighted by Gasteiger charge is -2.30. The fraction of sp³-hybridized carbons (Fsp3) is 0.222. The van der Waals surface area contributed by atoms with Crippen molar-refractivity contribution in [2.45, 2.75) is 4.90 Å². The van der Waals surface area contributed by atoms with Gasteiger partial charge in [0, 0.05) is 17.2 Å². The third-order valence-electron chi connectivity index (χ3n) is 3.91. The summed E-state index contributed by atoms with van der Waals surface area (Å²) in [5, 5.41) is 4.54. The minimum Gasteiger partial charge on any atom is -0.360 e. The molecular weight excluding hydrogens is 379 g/mol. The van der Waals surface area contributed by atoms with Crippen LogP contribution in [0.4, 0.5) is 24.5 Å². The van der Waals surface area contributed by atoms with Gasteiger partial charge in [0.25, 0.3) is 0 Å². The van der Waals surface area contributed by atoms with Gasteiger partial charge in [0.1, 0.15) is 0 Å². The number of hydrogen-bond donors (Lipinski definition) is 2. The van der Waals surface area contributed by atoms with Gasteiger partial charge in [0.05, 0.1) is 24.5 Å². The summed E-state index contributed by atoms with van der Waals surface area (Å²) < 4.78 is 39.6. The number of hydrogen-bond acceptors (Lipinski definition) is 4. The molecule has 27 heavy (non-hydrogen) atoms. The Morgan fingerprint density at radius 1 is 1.04 bits per heavy atom. The van der Waals surface area contributed by atoms with E-state index in [2.05, 4.69) is 10.6 Å². The van der Waals surface area contributed by atoms with Gasteiger partial charge in [-0.15, -0.1) is 11.8 Å². The van der Waals surface area contributed by atoms with Gasteiger partial charge < -0.3 is 15.5 Å². The molecule has 0 saturated heterocycles. The van der Waals surface area contributed by atoms with Gasteiger partial charge in [-0.2, -0.15) is 0 Å². The standard InChI is InChI=1S/C18H16F3N3O2S/c19-11-5-6-12(18(21)17(11)20)23-15(25)9-22-16(26)10-24-7-8-27-14-4-2-1-3-13(14)24/h1-6H,7-10H2,(H,22,26)(H,23,25). The number of fused-ring (bicyclic) bond motifs is 1. The maximum atomic E-state index is 13.5. The molecule has 1 heterocycles. The summed E-state index contributed by atoms with van der Waals surface area (Å²) in [6, 6.07) is 9.34. The molecule has 1 aliphatic rings. The third-order valence-corrected chi connectivity index (χ3v) is 4.96. The van der Waals surface area contributed by atoms with E-state index >= 15 is 0 Å². The van der Waals surface area contributed by atoms with E-state index in [4.69, 9.17) is 0 Å². The highest BCUT2D eigenvalue weighted by Gasteiger charge is 2.20. The summed E-state index contributed by atoms with van der Waals surface area (Å²) in [4.78, 5) is 26.9. The third kappa shape index (κ3) is 4.54. The number of carbonyl (C=O) groups excluding carboxylic acids is 2. The molecule has 0 bridgehead atoms. The predicted molar refractivity (Wildman–Crippen MR) is 97.3 cm³/mol. The van der Waals surface area contributed by atoms with Crippen LogP contribution in [-0.4, -0.2) is 37.2 Å². The van der Waals surface area contributed by atoms with Crippen molar-refractivity contribution in [3.05, 3.63) is 53.8 Å². The lowest BCUT2D eigenvalue weighted by Crippen LogP contribution is -2.42. The van der Waals surface area contributed by atoms with Crippen LogP contribution in [0, 0.1) is 17.5 Å². The molecule has 2 amide bonds. The van der Waals surface area contributed by atoms with Gasteiger partial charge >= 0.3 is 0 Å². The first-order valence-corrected chi connectivity index (χ1v) is 9.11. The highest BCUT2D eigenvalue weighted by molar-refractivity contribution is 7.99. The molecule has 0 radical (unpaired) electrons. The number of amides is 2. The number of thioether (sulfide) groups is 1. The average Bonchev–Trinajstić information content (AvgIpc) is 2.67. The van der Waals surface area contributed by atoms with Crippen molar-refractivity contribution in [1.82, 2.24) is 5.32 Å². The minimum absolute atomic E-state index is 0.0738. The zero-order valence-electron chi connectivity index (χ0n) is 14.1. The van der Waals surface area contributed by atoms with Crippen LogP contribution >= 0.6 is 11.8 Å². The zero-order valence-corrected chi connectivity index (χ0v) is 14.9. The van der Waals surface area contributed by atoms with Crippen molar-refractivity contribution in [1.29, 1.82) is 0 Å². The molecule has 0 saturated carbocycles. The number of nitrogens with zero attached hydrogens (tertiary/aromatic N) is 1. The molecule has 2 aromatic carbocycles. The van der Waals surface area contributed by atoms with Crippen molar-refractivity contribution in [3.63, 3.8) is 0 Å². The van der Waals surface area contributed by atoms with Crippen LogP contribution in [0.2, 0.25) is 0 Å². The molecule has 1 aliphatic heterocycles. The number of nitrogens with one attached hydrogen (secondary N) is 2. The van der Waals surface area contributed by atoms with Crippen LogP contribution in [0.25, 0.3) is 0 Å². The molecule has 2 N–H and O–H groups in total. The molecule has 0 fully saturated rings. The summed E-state index contributed by atoms with van der Waals surface area (Å²) >= 11 is 1.71. The second-order valence-electron chi connectivity index (χ2n) is 5.79. The van der Waals surface area contributed by atoms with Crippen molar-refractivity contribution in [3.8, 4) is 0 Å². The number of para-hydroxylation sites is 1. The van der Waals surface area contributed by atoms with Crippen LogP contribution in [0.5, 0.6) is 0 Å². The Labute approximate surface area is 157 Å². The molecule has 0 atom stereocenters. The van der Waals surface area contributed by atoms with Gasteiger partial charge in [0.15, 0.2) is 17.5 Å². The SMILES string of the molecule is O=C(CN1CCSc2ccccc21)NCC(=O)Nc1ccc(F)c(F)c1F. The van der Waals surface area contributed by atoms with Crippen LogP contribution in [0.3, 0.4) is 0 Å². The molecule has 0 unspecified atom stereocenters. The fourth-order valence-electron chi connectivity index (χ4n) is 2.62. The first-order chi connectivity index (χ1) is 13.0. The molecule has 0 aliphatic carbocycles. The van der Waals surface area contributed by atoms with E-state index in [1.807, 2.05) is 29.2 Å². The Morgan fingerprint density at radius 3 is 2.63 bits per heavy atom. The molecule has 3 rings (SSSR count). The second kappa shape index (κ2) is 8.34. The lowest BCUT2D eigenvalue weighted by molar-refractivity contribution is -0.123. The molecule has 9 heteroatoms. The van der Waals surface area contributed by atoms with Gasteiger partial charge in [-0.3, -0.25) is 9.59 Å². The van der Waals surface area contributed by atoms with Gasteiger partial charge in [-0.1, -0.05) is 12.1 Å². The van der Waals surface area contributed by atoms with Crippen LogP contribution in [0.1, 0.15) is 0 Å². The Morgan fingerprint density at radius 2 is 1.81 bits per heavy atom. The summed E-state index contributed by atoms with van der Waals surface area (Å²) in [5.41, 5.74) is 0.465. The normalized spacial score (nSPS) is 13.1. The molecule has 142 valence electrons. The first-order valence-electron chi connectivity index (χ1n) is 8.12. The smallest absolute Gasteiger partial charge is 0.243 e. The van der Waals surface area contributed by atoms with E-state index in [1.165, 1.54) is 0 Å². The fourth-order valence-corrected chi connectivity index (χ4v) is 3.67. The Balaban J connectivity index is 1.53. The summed E-state index contributed by atoms with van der Waals surface area (Å²) in [6.45, 7) is 0.354. The molecular formula is C18H16F3N3O2S. The maximum Gasteiger partial charge on any atom is 0.243 e. The monoisotopic (exact) mass is 395 g/mol. The Bertz CT molecular complexity index is 879. The van der Waals surface area contributed by atoms with E-state index in [0.717, 1.165) is 22.4 Å². The summed E-state index contributed by atoms with van der Waals surface area (Å²) in [5.74, 6) is -4.78. The number of carbonyl (C=O) groups is 2. The number of benzene rings is 2. The number of anilines is 2. The first kappa shape index (κ1) is 19.1. The largest absolute Gasteiger partial charge is 0.360 e. The number of rotatable bonds is 5. The van der Waals surface area contributed by atoms with Crippen molar-refractivity contribution in [2.24, 2.45) is 0 Å². The van der Waals surface area contributed by atoms with Crippen molar-refractivity contribution < 1.29 is 22.8 Å². The molecule has 5 nitrogen and oxygen atoms in total. The number of halogens is 3. The van der Waals surface area contributed by atoms with E-state index in [-0.39, 0.29) is 12.5 Å². The topological polar surface area (TPSA) is 61.4 Å². The van der Waals surface area contributed by atoms with E-state index in [9.17, 15) is 22.8 Å². The van der Waals surface area contributed by atoms with Crippen LogP contribution < -0.4 is 15.5 Å². The van der Waals surface area contributed by atoms with Gasteiger partial charge in [0.2, 0.25) is 11.8 Å². The Hall–Kier alpha value is -2.68. The summed E-state index contributed by atoms with van der Waals surface area (Å²) in [6.07, 6.45) is 0. The van der Waals surface area contributed by atoms with Gasteiger partial charge in [-0.05, 0) is 24.3 Å². The maximum absolute atomic E-state index is 13.5. The second-order valence-corrected chi connectivity index (χ2v) is 6.92.